The van der Waals surface area contributed by atoms with Crippen molar-refractivity contribution < 1.29 is 9.53 Å². The first-order valence-electron chi connectivity index (χ1n) is 6.37. The first kappa shape index (κ1) is 13.2. The third kappa shape index (κ3) is 3.91. The molecule has 1 aliphatic rings. The fourth-order valence-electron chi connectivity index (χ4n) is 2.16. The Kier molecular flexibility index (Phi) is 4.88. The average Bonchev–Trinajstić information content (AvgIpc) is 2.40. The number of nitrogens with one attached hydrogen (secondary N) is 1. The van der Waals surface area contributed by atoms with Crippen LogP contribution in [0, 0.1) is 0 Å². The summed E-state index contributed by atoms with van der Waals surface area (Å²) in [6, 6.07) is 9.68. The molecule has 0 heterocycles. The first-order chi connectivity index (χ1) is 8.75. The zero-order valence-electron chi connectivity index (χ0n) is 10.3. The monoisotopic (exact) mass is 267 g/mol. The smallest absolute Gasteiger partial charge is 0.407 e. The molecule has 4 heteroatoms. The largest absolute Gasteiger partial charge is 0.445 e. The van der Waals surface area contributed by atoms with Crippen LogP contribution in [0.1, 0.15) is 31.2 Å². The minimum atomic E-state index is -0.378. The molecule has 98 valence electrons. The molecule has 0 saturated heterocycles. The van der Waals surface area contributed by atoms with E-state index in [4.69, 9.17) is 16.3 Å². The molecule has 1 aromatic rings. The standard InChI is InChI=1S/C14H18ClNO2/c15-12-8-4-5-9-13(12)16-14(17)18-10-11-6-2-1-3-7-11/h1-3,6-7,12-13H,4-5,8-10H2,(H,16,17). The van der Waals surface area contributed by atoms with Gasteiger partial charge in [0, 0.05) is 6.04 Å². The van der Waals surface area contributed by atoms with Gasteiger partial charge in [0.2, 0.25) is 0 Å². The summed E-state index contributed by atoms with van der Waals surface area (Å²) < 4.78 is 5.17. The van der Waals surface area contributed by atoms with E-state index in [1.807, 2.05) is 30.3 Å². The Bertz CT molecular complexity index is 383. The minimum absolute atomic E-state index is 0.0306. The second-order valence-electron chi connectivity index (χ2n) is 4.61. The van der Waals surface area contributed by atoms with Gasteiger partial charge in [-0.25, -0.2) is 4.79 Å². The maximum absolute atomic E-state index is 11.6. The van der Waals surface area contributed by atoms with Crippen LogP contribution < -0.4 is 5.32 Å². The molecule has 1 aromatic carbocycles. The summed E-state index contributed by atoms with van der Waals surface area (Å²) >= 11 is 6.17. The van der Waals surface area contributed by atoms with Gasteiger partial charge >= 0.3 is 6.09 Å². The van der Waals surface area contributed by atoms with Gasteiger partial charge in [0.15, 0.2) is 0 Å². The van der Waals surface area contributed by atoms with Gasteiger partial charge in [-0.05, 0) is 18.4 Å². The van der Waals surface area contributed by atoms with Crippen molar-refractivity contribution in [3.05, 3.63) is 35.9 Å². The van der Waals surface area contributed by atoms with Crippen LogP contribution in [0.5, 0.6) is 0 Å². The van der Waals surface area contributed by atoms with E-state index >= 15 is 0 Å². The predicted molar refractivity (Wildman–Crippen MR) is 71.7 cm³/mol. The third-order valence-corrected chi connectivity index (χ3v) is 3.72. The fraction of sp³-hybridized carbons (Fsp3) is 0.500. The van der Waals surface area contributed by atoms with Crippen molar-refractivity contribution in [1.29, 1.82) is 0 Å². The highest BCUT2D eigenvalue weighted by Crippen LogP contribution is 2.23. The molecule has 0 bridgehead atoms. The molecule has 1 N–H and O–H groups in total. The van der Waals surface area contributed by atoms with Crippen LogP contribution in [-0.2, 0) is 11.3 Å². The van der Waals surface area contributed by atoms with Crippen molar-refractivity contribution in [3.8, 4) is 0 Å². The molecule has 1 saturated carbocycles. The number of alkyl carbamates (subject to hydrolysis) is 1. The number of benzene rings is 1. The van der Waals surface area contributed by atoms with E-state index in [0.29, 0.717) is 6.61 Å². The number of halogens is 1. The molecule has 1 fully saturated rings. The molecule has 2 rings (SSSR count). The summed E-state index contributed by atoms with van der Waals surface area (Å²) in [5.41, 5.74) is 0.985. The van der Waals surface area contributed by atoms with Gasteiger partial charge in [0.1, 0.15) is 6.61 Å². The van der Waals surface area contributed by atoms with E-state index in [0.717, 1.165) is 31.2 Å². The molecular formula is C14H18ClNO2. The van der Waals surface area contributed by atoms with Crippen LogP contribution in [0.25, 0.3) is 0 Å². The maximum atomic E-state index is 11.6. The van der Waals surface area contributed by atoms with Crippen LogP contribution in [0.3, 0.4) is 0 Å². The number of carbonyl (C=O) groups excluding carboxylic acids is 1. The number of alkyl halides is 1. The maximum Gasteiger partial charge on any atom is 0.407 e. The molecule has 2 atom stereocenters. The lowest BCUT2D eigenvalue weighted by Gasteiger charge is -2.27. The number of amides is 1. The number of hydrogen-bond acceptors (Lipinski definition) is 2. The van der Waals surface area contributed by atoms with Crippen molar-refractivity contribution in [2.45, 2.75) is 43.7 Å². The van der Waals surface area contributed by atoms with Crippen LogP contribution in [-0.4, -0.2) is 17.5 Å². The number of hydrogen-bond donors (Lipinski definition) is 1. The van der Waals surface area contributed by atoms with Crippen molar-refractivity contribution in [2.24, 2.45) is 0 Å². The Labute approximate surface area is 112 Å². The number of rotatable bonds is 3. The van der Waals surface area contributed by atoms with Gasteiger partial charge in [-0.3, -0.25) is 0 Å². The van der Waals surface area contributed by atoms with Gasteiger partial charge in [-0.15, -0.1) is 11.6 Å². The fourth-order valence-corrected chi connectivity index (χ4v) is 2.51. The minimum Gasteiger partial charge on any atom is -0.445 e. The van der Waals surface area contributed by atoms with Crippen LogP contribution in [0.15, 0.2) is 30.3 Å². The van der Waals surface area contributed by atoms with Gasteiger partial charge in [0.05, 0.1) is 5.38 Å². The normalized spacial score (nSPS) is 23.4. The summed E-state index contributed by atoms with van der Waals surface area (Å²) in [6.45, 7) is 0.298. The summed E-state index contributed by atoms with van der Waals surface area (Å²) in [4.78, 5) is 11.6. The van der Waals surface area contributed by atoms with E-state index in [2.05, 4.69) is 5.32 Å². The Balaban J connectivity index is 1.75. The average molecular weight is 268 g/mol. The van der Waals surface area contributed by atoms with E-state index in [1.165, 1.54) is 0 Å². The zero-order valence-corrected chi connectivity index (χ0v) is 11.0. The molecule has 18 heavy (non-hydrogen) atoms. The molecule has 0 spiro atoms. The van der Waals surface area contributed by atoms with E-state index in [-0.39, 0.29) is 17.5 Å². The van der Waals surface area contributed by atoms with Crippen LogP contribution in [0.2, 0.25) is 0 Å². The summed E-state index contributed by atoms with van der Waals surface area (Å²) in [6.07, 6.45) is 3.79. The molecule has 0 radical (unpaired) electrons. The van der Waals surface area contributed by atoms with E-state index in [1.54, 1.807) is 0 Å². The SMILES string of the molecule is O=C(NC1CCCCC1Cl)OCc1ccccc1. The first-order valence-corrected chi connectivity index (χ1v) is 6.80. The van der Waals surface area contributed by atoms with Gasteiger partial charge in [-0.2, -0.15) is 0 Å². The second kappa shape index (κ2) is 6.64. The molecular weight excluding hydrogens is 250 g/mol. The van der Waals surface area contributed by atoms with Crippen LogP contribution in [0.4, 0.5) is 4.79 Å². The summed E-state index contributed by atoms with van der Waals surface area (Å²) in [5.74, 6) is 0. The highest BCUT2D eigenvalue weighted by atomic mass is 35.5. The van der Waals surface area contributed by atoms with Crippen molar-refractivity contribution in [3.63, 3.8) is 0 Å². The van der Waals surface area contributed by atoms with E-state index < -0.39 is 0 Å². The Morgan fingerprint density at radius 3 is 2.72 bits per heavy atom. The number of ether oxygens (including phenoxy) is 1. The Morgan fingerprint density at radius 2 is 2.00 bits per heavy atom. The van der Waals surface area contributed by atoms with Gasteiger partial charge in [0.25, 0.3) is 0 Å². The summed E-state index contributed by atoms with van der Waals surface area (Å²) in [5, 5.41) is 2.88. The lowest BCUT2D eigenvalue weighted by atomic mass is 9.95. The zero-order chi connectivity index (χ0) is 12.8. The molecule has 0 aromatic heterocycles. The molecule has 0 aliphatic heterocycles. The highest BCUT2D eigenvalue weighted by Gasteiger charge is 2.24. The van der Waals surface area contributed by atoms with Gasteiger partial charge < -0.3 is 10.1 Å². The van der Waals surface area contributed by atoms with Crippen molar-refractivity contribution >= 4 is 17.7 Å². The Morgan fingerprint density at radius 1 is 1.28 bits per heavy atom. The molecule has 2 unspecified atom stereocenters. The van der Waals surface area contributed by atoms with E-state index in [9.17, 15) is 4.79 Å². The Hall–Kier alpha value is -1.22. The topological polar surface area (TPSA) is 38.3 Å². The lowest BCUT2D eigenvalue weighted by Crippen LogP contribution is -2.43. The van der Waals surface area contributed by atoms with Gasteiger partial charge in [-0.1, -0.05) is 43.2 Å². The van der Waals surface area contributed by atoms with Crippen molar-refractivity contribution in [1.82, 2.24) is 5.32 Å². The van der Waals surface area contributed by atoms with Crippen LogP contribution >= 0.6 is 11.6 Å². The second-order valence-corrected chi connectivity index (χ2v) is 5.17. The van der Waals surface area contributed by atoms with Crippen molar-refractivity contribution in [2.75, 3.05) is 0 Å². The third-order valence-electron chi connectivity index (χ3n) is 3.20. The highest BCUT2D eigenvalue weighted by molar-refractivity contribution is 6.21. The molecule has 3 nitrogen and oxygen atoms in total. The molecule has 1 amide bonds. The number of carbonyl (C=O) groups is 1. The summed E-state index contributed by atoms with van der Waals surface area (Å²) in [7, 11) is 0. The predicted octanol–water partition coefficient (Wildman–Crippen LogP) is 3.46. The lowest BCUT2D eigenvalue weighted by molar-refractivity contribution is 0.133. The molecule has 1 aliphatic carbocycles. The quantitative estimate of drug-likeness (QED) is 0.852.